The van der Waals surface area contributed by atoms with E-state index in [-0.39, 0.29) is 66.8 Å². The molecule has 6 bridgehead atoms. The van der Waals surface area contributed by atoms with E-state index in [1.54, 1.807) is 44.2 Å². The number of anilines is 1. The van der Waals surface area contributed by atoms with E-state index in [0.29, 0.717) is 42.7 Å². The maximum absolute atomic E-state index is 15.0. The number of allylic oxidation sites excluding steroid dienone is 3. The average molecular weight is 1130 g/mol. The standard InChI is InChI=1S/C52H67ClF3N5O15S/c1-28-10-9-11-37(72-8)51(70)25-39(74-48(69)57-51)50(4)27-49(3,76-50)38(24-42(64)59(6)33-21-31(20-28)22-34(71-7)44(33)53)73-46(67)29(2)58(5)36(52(54,55)56)18-19-77-35-23-43(65)60(45(35)66)26-30-12-14-32(15-13-30)47(68)75-61-40(62)16-17-41(61)63/h9-11,21-22,29-30,32,35-39,70H,12-20,23-27H2,1-8H3,(H,57,69)/b11-9+,28-10+/t29-,30?,32?,35?,36?,37+,38-,39?,49+,50?,51-/m0/s1. The number of nitrogens with one attached hydrogen (secondary N) is 1. The lowest BCUT2D eigenvalue weighted by Gasteiger charge is -2.59. The number of benzene rings is 1. The summed E-state index contributed by atoms with van der Waals surface area (Å²) in [7, 11) is 5.35. The number of carbonyl (C=O) groups excluding carboxylic acids is 8. The highest BCUT2D eigenvalue weighted by Crippen LogP contribution is 2.51. The molecule has 0 radical (unpaired) electrons. The molecule has 25 heteroatoms. The van der Waals surface area contributed by atoms with Crippen LogP contribution < -0.4 is 15.0 Å². The Morgan fingerprint density at radius 2 is 1.66 bits per heavy atom. The fourth-order valence-corrected chi connectivity index (χ4v) is 12.6. The van der Waals surface area contributed by atoms with Crippen molar-refractivity contribution in [1.82, 2.24) is 20.2 Å². The summed E-state index contributed by atoms with van der Waals surface area (Å²) in [4.78, 5) is 113. The van der Waals surface area contributed by atoms with Gasteiger partial charge in [-0.1, -0.05) is 35.4 Å². The van der Waals surface area contributed by atoms with Gasteiger partial charge in [0.05, 0.1) is 30.4 Å². The summed E-state index contributed by atoms with van der Waals surface area (Å²) in [5, 5.41) is 14.0. The first-order chi connectivity index (χ1) is 36.1. The van der Waals surface area contributed by atoms with Crippen LogP contribution in [0.5, 0.6) is 5.75 Å². The Kier molecular flexibility index (Phi) is 18.2. The third kappa shape index (κ3) is 13.1. The molecule has 6 amide bonds. The number of thioether (sulfide) groups is 1. The van der Waals surface area contributed by atoms with Crippen molar-refractivity contribution in [1.29, 1.82) is 0 Å². The monoisotopic (exact) mass is 1130 g/mol. The molecule has 7 aliphatic rings. The third-order valence-corrected chi connectivity index (χ3v) is 17.3. The maximum Gasteiger partial charge on any atom is 0.409 e. The number of hydroxylamine groups is 2. The van der Waals surface area contributed by atoms with Crippen LogP contribution in [0.4, 0.5) is 23.7 Å². The molecule has 20 nitrogen and oxygen atoms in total. The van der Waals surface area contributed by atoms with E-state index in [1.165, 1.54) is 33.1 Å². The number of halogens is 4. The van der Waals surface area contributed by atoms with Crippen molar-refractivity contribution in [2.45, 2.75) is 163 Å². The van der Waals surface area contributed by atoms with E-state index in [4.69, 9.17) is 40.1 Å². The van der Waals surface area contributed by atoms with Gasteiger partial charge in [-0.3, -0.25) is 43.9 Å². The molecule has 9 atom stereocenters. The van der Waals surface area contributed by atoms with Gasteiger partial charge in [-0.05, 0) is 103 Å². The number of aliphatic hydroxyl groups is 1. The number of amides is 6. The maximum atomic E-state index is 15.0. The van der Waals surface area contributed by atoms with Crippen LogP contribution in [0.1, 0.15) is 104 Å². The number of imide groups is 2. The molecule has 1 aliphatic carbocycles. The molecule has 77 heavy (non-hydrogen) atoms. The Balaban J connectivity index is 1.03. The van der Waals surface area contributed by atoms with E-state index >= 15 is 0 Å². The summed E-state index contributed by atoms with van der Waals surface area (Å²) >= 11 is 7.69. The van der Waals surface area contributed by atoms with E-state index in [0.717, 1.165) is 34.2 Å². The lowest BCUT2D eigenvalue weighted by Crippen LogP contribution is -2.72. The first-order valence-corrected chi connectivity index (χ1v) is 27.0. The van der Waals surface area contributed by atoms with Crippen LogP contribution in [0.3, 0.4) is 0 Å². The summed E-state index contributed by atoms with van der Waals surface area (Å²) < 4.78 is 74.4. The fourth-order valence-electron chi connectivity index (χ4n) is 11.1. The van der Waals surface area contributed by atoms with Gasteiger partial charge in [0.2, 0.25) is 17.7 Å². The van der Waals surface area contributed by atoms with Crippen LogP contribution in [0.15, 0.2) is 35.9 Å². The van der Waals surface area contributed by atoms with Crippen LogP contribution >= 0.6 is 23.4 Å². The van der Waals surface area contributed by atoms with Crippen LogP contribution in [0.25, 0.3) is 0 Å². The highest BCUT2D eigenvalue weighted by Gasteiger charge is 2.63. The average Bonchev–Trinajstić information content (AvgIpc) is 3.89. The Hall–Kier alpha value is -5.27. The van der Waals surface area contributed by atoms with Crippen LogP contribution in [-0.2, 0) is 63.8 Å². The molecule has 0 spiro atoms. The lowest BCUT2D eigenvalue weighted by atomic mass is 9.72. The highest BCUT2D eigenvalue weighted by atomic mass is 35.5. The Bertz CT molecular complexity index is 2540. The summed E-state index contributed by atoms with van der Waals surface area (Å²) in [5.74, 6) is -5.33. The van der Waals surface area contributed by atoms with Gasteiger partial charge in [-0.25, -0.2) is 9.59 Å². The second-order valence-electron chi connectivity index (χ2n) is 21.3. The van der Waals surface area contributed by atoms with Crippen molar-refractivity contribution in [3.05, 3.63) is 46.5 Å². The van der Waals surface area contributed by atoms with E-state index in [2.05, 4.69) is 5.32 Å². The molecule has 1 saturated carbocycles. The molecular weight excluding hydrogens is 1060 g/mol. The summed E-state index contributed by atoms with van der Waals surface area (Å²) in [5.41, 5.74) is -3.04. The van der Waals surface area contributed by atoms with E-state index in [9.17, 15) is 56.6 Å². The number of alkyl halides is 3. The molecule has 424 valence electrons. The van der Waals surface area contributed by atoms with Gasteiger partial charge in [-0.15, -0.1) is 16.8 Å². The summed E-state index contributed by atoms with van der Waals surface area (Å²) in [6.07, 6.45) is -4.19. The molecule has 8 rings (SSSR count). The number of rotatable bonds is 14. The SMILES string of the molecule is COc1cc2cc(c1Cl)N(C)C(=O)C[C@H](OC(=O)[C@H](C)N(C)C(CCSC1CC(=O)N(CC3CCC(C(=O)ON4C(=O)CCC4=O)CC3)C1=O)C(F)(F)F)[C@@]1(C)CC(C)(O1)C1C[C@@](O)(NC(=O)O1)[C@H](OC)/C=C/C=C(\C)C2. The van der Waals surface area contributed by atoms with Gasteiger partial charge in [0.1, 0.15) is 52.4 Å². The number of hydrogen-bond donors (Lipinski definition) is 2. The van der Waals surface area contributed by atoms with Gasteiger partial charge < -0.3 is 38.5 Å². The lowest BCUT2D eigenvalue weighted by molar-refractivity contribution is -0.328. The zero-order chi connectivity index (χ0) is 56.5. The minimum absolute atomic E-state index is 0.0283. The number of fused-ring (bicyclic) bond motifs is 6. The number of ether oxygens (including phenoxy) is 5. The van der Waals surface area contributed by atoms with E-state index in [1.807, 2.05) is 6.92 Å². The molecule has 0 aromatic heterocycles. The zero-order valence-corrected chi connectivity index (χ0v) is 45.8. The second kappa shape index (κ2) is 23.6. The Morgan fingerprint density at radius 3 is 2.29 bits per heavy atom. The molecule has 4 unspecified atom stereocenters. The molecule has 1 aromatic carbocycles. The molecule has 6 aliphatic heterocycles. The van der Waals surface area contributed by atoms with Crippen molar-refractivity contribution < 1.29 is 85.2 Å². The first kappa shape index (κ1) is 59.4. The van der Waals surface area contributed by atoms with Crippen molar-refractivity contribution in [3.63, 3.8) is 0 Å². The number of methoxy groups -OCH3 is 2. The van der Waals surface area contributed by atoms with Gasteiger partial charge in [0.15, 0.2) is 5.72 Å². The minimum atomic E-state index is -4.88. The van der Waals surface area contributed by atoms with Crippen molar-refractivity contribution in [2.24, 2.45) is 11.8 Å². The smallest absolute Gasteiger partial charge is 0.409 e. The number of carbonyl (C=O) groups is 8. The third-order valence-electron chi connectivity index (χ3n) is 15.7. The zero-order valence-electron chi connectivity index (χ0n) is 44.3. The Labute approximate surface area is 453 Å². The molecule has 4 saturated heterocycles. The predicted molar refractivity (Wildman–Crippen MR) is 271 cm³/mol. The van der Waals surface area contributed by atoms with Gasteiger partial charge in [0, 0.05) is 52.8 Å². The number of likely N-dealkylation sites (tertiary alicyclic amines) is 1. The quantitative estimate of drug-likeness (QED) is 0.167. The number of hydrogen-bond acceptors (Lipinski definition) is 17. The first-order valence-electron chi connectivity index (χ1n) is 25.5. The number of nitrogens with zero attached hydrogens (tertiary/aromatic N) is 4. The Morgan fingerprint density at radius 1 is 1.00 bits per heavy atom. The van der Waals surface area contributed by atoms with Crippen molar-refractivity contribution in [2.75, 3.05) is 45.5 Å². The van der Waals surface area contributed by atoms with E-state index < -0.39 is 125 Å². The topological polar surface area (TPSA) is 237 Å². The largest absolute Gasteiger partial charge is 0.495 e. The normalized spacial score (nSPS) is 32.2. The highest BCUT2D eigenvalue weighted by molar-refractivity contribution is 8.00. The molecule has 6 heterocycles. The molecular formula is C52H67ClF3N5O15S. The number of alkyl carbamates (subject to hydrolysis) is 1. The number of likely N-dealkylation sites (N-methyl/N-ethyl adjacent to an activating group) is 1. The minimum Gasteiger partial charge on any atom is -0.495 e. The molecule has 1 aromatic rings. The van der Waals surface area contributed by atoms with Crippen LogP contribution in [0.2, 0.25) is 5.02 Å². The van der Waals surface area contributed by atoms with Crippen LogP contribution in [-0.4, -0.2) is 167 Å². The van der Waals surface area contributed by atoms with Gasteiger partial charge >= 0.3 is 24.2 Å². The summed E-state index contributed by atoms with van der Waals surface area (Å²) in [6, 6.07) is -0.388. The van der Waals surface area contributed by atoms with Gasteiger partial charge in [0.25, 0.3) is 11.8 Å². The number of esters is 1. The van der Waals surface area contributed by atoms with Crippen LogP contribution in [0, 0.1) is 11.8 Å². The fraction of sp³-hybridized carbons (Fsp3) is 0.654. The molecule has 2 N–H and O–H groups in total. The van der Waals surface area contributed by atoms with Crippen molar-refractivity contribution in [3.8, 4) is 5.75 Å². The van der Waals surface area contributed by atoms with Gasteiger partial charge in [-0.2, -0.15) is 13.2 Å². The summed E-state index contributed by atoms with van der Waals surface area (Å²) in [6.45, 7) is 6.32. The second-order valence-corrected chi connectivity index (χ2v) is 23.0. The predicted octanol–water partition coefficient (Wildman–Crippen LogP) is 5.73. The van der Waals surface area contributed by atoms with Crippen molar-refractivity contribution >= 4 is 76.6 Å². The molecule has 5 fully saturated rings.